The van der Waals surface area contributed by atoms with E-state index in [9.17, 15) is 14.4 Å². The number of nitrogens with zero attached hydrogens (tertiary/aromatic N) is 2. The summed E-state index contributed by atoms with van der Waals surface area (Å²) in [5, 5.41) is 7.17. The van der Waals surface area contributed by atoms with Gasteiger partial charge in [0.25, 0.3) is 5.91 Å². The molecule has 2 N–H and O–H groups in total. The Kier molecular flexibility index (Phi) is 13.8. The molecule has 226 valence electrons. The van der Waals surface area contributed by atoms with Crippen LogP contribution < -0.4 is 15.4 Å². The molecule has 0 aliphatic heterocycles. The lowest BCUT2D eigenvalue weighted by Crippen LogP contribution is -2.39. The average Bonchev–Trinajstić information content (AvgIpc) is 3.25. The number of amides is 2. The van der Waals surface area contributed by atoms with Gasteiger partial charge in [0.15, 0.2) is 0 Å². The predicted octanol–water partition coefficient (Wildman–Crippen LogP) is 4.57. The summed E-state index contributed by atoms with van der Waals surface area (Å²) in [5.41, 5.74) is 2.70. The molecule has 0 spiro atoms. The number of nitrogens with one attached hydrogen (secondary N) is 2. The Morgan fingerprint density at radius 2 is 1.67 bits per heavy atom. The summed E-state index contributed by atoms with van der Waals surface area (Å²) in [6.07, 6.45) is 5.71. The first-order valence-electron chi connectivity index (χ1n) is 13.9. The van der Waals surface area contributed by atoms with Crippen LogP contribution in [0.2, 0.25) is 5.02 Å². The van der Waals surface area contributed by atoms with Gasteiger partial charge < -0.3 is 15.4 Å². The maximum atomic E-state index is 13.5. The molecule has 2 aromatic carbocycles. The minimum atomic E-state index is -0.192. The van der Waals surface area contributed by atoms with Gasteiger partial charge in [-0.2, -0.15) is 25.3 Å². The van der Waals surface area contributed by atoms with Gasteiger partial charge in [-0.25, -0.2) is 0 Å². The van der Waals surface area contributed by atoms with Crippen LogP contribution in [-0.4, -0.2) is 78.5 Å². The van der Waals surface area contributed by atoms with Crippen molar-refractivity contribution in [1.82, 2.24) is 20.1 Å². The second-order valence-corrected chi connectivity index (χ2v) is 11.1. The first-order valence-corrected chi connectivity index (χ1v) is 15.5. The van der Waals surface area contributed by atoms with Gasteiger partial charge in [0, 0.05) is 59.4 Å². The van der Waals surface area contributed by atoms with Crippen molar-refractivity contribution >= 4 is 65.5 Å². The largest absolute Gasteiger partial charge is 0.497 e. The summed E-state index contributed by atoms with van der Waals surface area (Å²) in [5.74, 6) is 1.61. The molecule has 0 radical (unpaired) electrons. The maximum Gasteiger partial charge on any atom is 0.262 e. The van der Waals surface area contributed by atoms with E-state index in [1.165, 1.54) is 0 Å². The lowest BCUT2D eigenvalue weighted by molar-refractivity contribution is -0.122. The van der Waals surface area contributed by atoms with Gasteiger partial charge in [-0.15, -0.1) is 0 Å². The van der Waals surface area contributed by atoms with Crippen molar-refractivity contribution < 1.29 is 19.1 Å². The van der Waals surface area contributed by atoms with Crippen LogP contribution in [0.5, 0.6) is 5.75 Å². The Morgan fingerprint density at radius 3 is 2.36 bits per heavy atom. The number of hydrogen-bond acceptors (Lipinski definition) is 7. The second kappa shape index (κ2) is 17.3. The predicted molar refractivity (Wildman–Crippen MR) is 177 cm³/mol. The zero-order valence-electron chi connectivity index (χ0n) is 24.1. The zero-order chi connectivity index (χ0) is 30.5. The monoisotopic (exact) mass is 630 g/mol. The van der Waals surface area contributed by atoms with Crippen molar-refractivity contribution in [1.29, 1.82) is 0 Å². The van der Waals surface area contributed by atoms with E-state index < -0.39 is 0 Å². The third kappa shape index (κ3) is 9.55. The number of thiol groups is 2. The summed E-state index contributed by atoms with van der Waals surface area (Å²) >= 11 is 14.4. The topological polar surface area (TPSA) is 92.7 Å². The fourth-order valence-corrected chi connectivity index (χ4v) is 5.19. The van der Waals surface area contributed by atoms with Gasteiger partial charge in [0.05, 0.1) is 25.6 Å². The third-order valence-electron chi connectivity index (χ3n) is 6.80. The van der Waals surface area contributed by atoms with Crippen LogP contribution in [0.3, 0.4) is 0 Å². The highest BCUT2D eigenvalue weighted by Gasteiger charge is 2.22. The molecule has 0 saturated carbocycles. The molecule has 0 bridgehead atoms. The van der Waals surface area contributed by atoms with Gasteiger partial charge in [-0.05, 0) is 67.8 Å². The van der Waals surface area contributed by atoms with E-state index in [1.807, 2.05) is 25.1 Å². The minimum Gasteiger partial charge on any atom is -0.497 e. The number of hydrogen-bond donors (Lipinski definition) is 4. The molecule has 0 saturated heterocycles. The fourth-order valence-electron chi connectivity index (χ4n) is 4.67. The highest BCUT2D eigenvalue weighted by Crippen LogP contribution is 2.31. The van der Waals surface area contributed by atoms with Crippen LogP contribution in [0.4, 0.5) is 0 Å². The van der Waals surface area contributed by atoms with E-state index in [-0.39, 0.29) is 24.1 Å². The van der Waals surface area contributed by atoms with Gasteiger partial charge in [-0.3, -0.25) is 23.9 Å². The van der Waals surface area contributed by atoms with Crippen molar-refractivity contribution in [3.05, 3.63) is 76.5 Å². The normalized spacial score (nSPS) is 11.4. The lowest BCUT2D eigenvalue weighted by Gasteiger charge is -2.20. The molecule has 0 fully saturated rings. The molecule has 1 heterocycles. The second-order valence-electron chi connectivity index (χ2n) is 9.74. The molecule has 8 nitrogen and oxygen atoms in total. The standard InChI is InChI=1S/C31H39ClN4O4S2/c1-22-26(20-29(37)33-13-5-3-4-6-15-35(16-18-42)21-30(38)34-14-17-41)27-19-25(40-2)11-12-28(27)36(22)31(39)23-7-9-24(32)10-8-23/h3-4,7-12,19,41-42H,5-6,13-18,20-21H2,1-2H3,(H,33,37)(H,34,38)/b4-3+. The number of aromatic nitrogens is 1. The number of ether oxygens (including phenoxy) is 1. The van der Waals surface area contributed by atoms with E-state index >= 15 is 0 Å². The Labute approximate surface area is 263 Å². The van der Waals surface area contributed by atoms with E-state index in [0.29, 0.717) is 65.1 Å². The Morgan fingerprint density at radius 1 is 0.952 bits per heavy atom. The molecule has 0 atom stereocenters. The van der Waals surface area contributed by atoms with E-state index in [2.05, 4.69) is 46.9 Å². The fraction of sp³-hybridized carbons (Fsp3) is 0.387. The van der Waals surface area contributed by atoms with Crippen LogP contribution in [0, 0.1) is 6.92 Å². The summed E-state index contributed by atoms with van der Waals surface area (Å²) in [6.45, 7) is 4.72. The number of benzene rings is 2. The van der Waals surface area contributed by atoms with E-state index in [0.717, 1.165) is 30.5 Å². The number of halogens is 1. The molecular weight excluding hydrogens is 592 g/mol. The smallest absolute Gasteiger partial charge is 0.262 e. The highest BCUT2D eigenvalue weighted by molar-refractivity contribution is 7.80. The van der Waals surface area contributed by atoms with Crippen molar-refractivity contribution in [2.45, 2.75) is 26.2 Å². The molecule has 0 aliphatic carbocycles. The Hall–Kier alpha value is -2.92. The maximum absolute atomic E-state index is 13.5. The third-order valence-corrected chi connectivity index (χ3v) is 7.48. The number of carbonyl (C=O) groups is 3. The quantitative estimate of drug-likeness (QED) is 0.106. The molecule has 3 aromatic rings. The van der Waals surface area contributed by atoms with E-state index in [4.69, 9.17) is 16.3 Å². The number of carbonyl (C=O) groups excluding carboxylic acids is 3. The first-order chi connectivity index (χ1) is 20.3. The summed E-state index contributed by atoms with van der Waals surface area (Å²) in [4.78, 5) is 40.5. The molecule has 11 heteroatoms. The van der Waals surface area contributed by atoms with Crippen molar-refractivity contribution in [2.75, 3.05) is 51.3 Å². The highest BCUT2D eigenvalue weighted by atomic mass is 35.5. The van der Waals surface area contributed by atoms with Crippen molar-refractivity contribution in [3.8, 4) is 5.75 Å². The number of fused-ring (bicyclic) bond motifs is 1. The van der Waals surface area contributed by atoms with Gasteiger partial charge in [-0.1, -0.05) is 23.8 Å². The first kappa shape index (κ1) is 33.6. The summed E-state index contributed by atoms with van der Waals surface area (Å²) in [6, 6.07) is 12.3. The number of methoxy groups -OCH3 is 1. The lowest BCUT2D eigenvalue weighted by atomic mass is 10.1. The average molecular weight is 631 g/mol. The van der Waals surface area contributed by atoms with Crippen LogP contribution in [0.1, 0.15) is 34.5 Å². The van der Waals surface area contributed by atoms with Crippen LogP contribution >= 0.6 is 36.9 Å². The summed E-state index contributed by atoms with van der Waals surface area (Å²) < 4.78 is 7.06. The molecule has 0 aliphatic rings. The summed E-state index contributed by atoms with van der Waals surface area (Å²) in [7, 11) is 1.59. The van der Waals surface area contributed by atoms with Gasteiger partial charge in [0.2, 0.25) is 11.8 Å². The van der Waals surface area contributed by atoms with Crippen LogP contribution in [0.15, 0.2) is 54.6 Å². The molecular formula is C31H39ClN4O4S2. The van der Waals surface area contributed by atoms with Gasteiger partial charge >= 0.3 is 0 Å². The molecule has 1 aromatic heterocycles. The van der Waals surface area contributed by atoms with Crippen molar-refractivity contribution in [2.24, 2.45) is 0 Å². The van der Waals surface area contributed by atoms with Crippen LogP contribution in [0.25, 0.3) is 10.9 Å². The van der Waals surface area contributed by atoms with Gasteiger partial charge in [0.1, 0.15) is 5.75 Å². The van der Waals surface area contributed by atoms with Crippen molar-refractivity contribution in [3.63, 3.8) is 0 Å². The number of rotatable bonds is 16. The zero-order valence-corrected chi connectivity index (χ0v) is 26.6. The Bertz CT molecular complexity index is 1390. The van der Waals surface area contributed by atoms with Crippen LogP contribution in [-0.2, 0) is 16.0 Å². The SMILES string of the molecule is COc1ccc2c(c1)c(CC(=O)NCC/C=C/CCN(CCS)CC(=O)NCCS)c(C)n2C(=O)c1ccc(Cl)cc1. The minimum absolute atomic E-state index is 0.0105. The molecule has 2 amide bonds. The molecule has 42 heavy (non-hydrogen) atoms. The molecule has 3 rings (SSSR count). The Balaban J connectivity index is 1.59. The molecule has 0 unspecified atom stereocenters. The van der Waals surface area contributed by atoms with E-state index in [1.54, 1.807) is 42.0 Å².